The lowest BCUT2D eigenvalue weighted by atomic mass is 10.0. The summed E-state index contributed by atoms with van der Waals surface area (Å²) in [5, 5.41) is 0. The Morgan fingerprint density at radius 1 is 1.06 bits per heavy atom. The van der Waals surface area contributed by atoms with Gasteiger partial charge in [-0.1, -0.05) is 42.0 Å². The van der Waals surface area contributed by atoms with E-state index in [-0.39, 0.29) is 32.3 Å². The van der Waals surface area contributed by atoms with Crippen molar-refractivity contribution in [2.75, 3.05) is 47.0 Å². The monoisotopic (exact) mass is 718 g/mol. The second kappa shape index (κ2) is 20.1. The van der Waals surface area contributed by atoms with E-state index in [2.05, 4.69) is 15.6 Å². The van der Waals surface area contributed by atoms with Gasteiger partial charge >= 0.3 is 25.9 Å². The highest BCUT2D eigenvalue weighted by atomic mass is 31.2. The molecule has 0 N–H and O–H groups in total. The molecule has 1 aromatic rings. The van der Waals surface area contributed by atoms with Crippen molar-refractivity contribution in [2.45, 2.75) is 69.6 Å². The van der Waals surface area contributed by atoms with Gasteiger partial charge in [-0.15, -0.1) is 6.58 Å². The first kappa shape index (κ1) is 41.5. The number of halogens is 6. The summed E-state index contributed by atoms with van der Waals surface area (Å²) in [6.45, 7) is 1.33. The molecule has 0 saturated carbocycles. The van der Waals surface area contributed by atoms with Crippen LogP contribution in [0.25, 0.3) is 0 Å². The molecule has 0 spiro atoms. The van der Waals surface area contributed by atoms with Gasteiger partial charge in [-0.25, -0.2) is 0 Å². The van der Waals surface area contributed by atoms with Crippen LogP contribution in [0.3, 0.4) is 0 Å². The molecule has 1 aromatic carbocycles. The van der Waals surface area contributed by atoms with Gasteiger partial charge in [0.25, 0.3) is 0 Å². The summed E-state index contributed by atoms with van der Waals surface area (Å²) in [4.78, 5) is 13.1. The molecular weight excluding hydrogens is 677 g/mol. The van der Waals surface area contributed by atoms with Crippen LogP contribution in [0.4, 0.5) is 26.3 Å². The number of methoxy groups -OCH3 is 2. The predicted molar refractivity (Wildman–Crippen MR) is 161 cm³/mol. The lowest BCUT2D eigenvalue weighted by molar-refractivity contribution is -0.168. The minimum atomic E-state index is -5.31. The summed E-state index contributed by atoms with van der Waals surface area (Å²) in [6.07, 6.45) is -7.77. The molecular formula is C31H41F6O10P. The third-order valence-electron chi connectivity index (χ3n) is 6.55. The molecule has 10 nitrogen and oxygen atoms in total. The maximum absolute atomic E-state index is 13.1. The Labute approximate surface area is 275 Å². The molecule has 0 unspecified atom stereocenters. The maximum atomic E-state index is 13.1. The molecule has 1 aliphatic rings. The van der Waals surface area contributed by atoms with Crippen molar-refractivity contribution in [3.63, 3.8) is 0 Å². The van der Waals surface area contributed by atoms with E-state index in [4.69, 9.17) is 28.4 Å². The minimum absolute atomic E-state index is 0.0234. The molecule has 0 radical (unpaired) electrons. The Balaban J connectivity index is 2.43. The summed E-state index contributed by atoms with van der Waals surface area (Å²) < 4.78 is 132. The average molecular weight is 719 g/mol. The quantitative estimate of drug-likeness (QED) is 0.0430. The van der Waals surface area contributed by atoms with E-state index < -0.39 is 63.6 Å². The fourth-order valence-electron chi connectivity index (χ4n) is 4.26. The molecule has 0 saturated heterocycles. The number of alkyl halides is 6. The van der Waals surface area contributed by atoms with Crippen molar-refractivity contribution in [3.05, 3.63) is 66.3 Å². The number of carbonyl (C=O) groups is 1. The molecule has 1 heterocycles. The van der Waals surface area contributed by atoms with Crippen LogP contribution in [-0.2, 0) is 48.7 Å². The number of benzene rings is 1. The van der Waals surface area contributed by atoms with Gasteiger partial charge < -0.3 is 28.4 Å². The summed E-state index contributed by atoms with van der Waals surface area (Å²) in [6, 6.07) is 6.86. The number of ether oxygens (including phenoxy) is 6. The van der Waals surface area contributed by atoms with Gasteiger partial charge in [0.05, 0.1) is 32.5 Å². The van der Waals surface area contributed by atoms with Crippen LogP contribution in [-0.4, -0.2) is 89.7 Å². The number of hydrogen-bond acceptors (Lipinski definition) is 10. The highest BCUT2D eigenvalue weighted by molar-refractivity contribution is 7.54. The molecule has 0 aromatic heterocycles. The van der Waals surface area contributed by atoms with Crippen molar-refractivity contribution in [2.24, 2.45) is 0 Å². The van der Waals surface area contributed by atoms with Gasteiger partial charge in [0.15, 0.2) is 13.2 Å². The highest BCUT2D eigenvalue weighted by Crippen LogP contribution is 2.50. The maximum Gasteiger partial charge on any atom is 0.412 e. The second-order valence-electron chi connectivity index (χ2n) is 10.7. The van der Waals surface area contributed by atoms with Crippen molar-refractivity contribution in [1.29, 1.82) is 0 Å². The van der Waals surface area contributed by atoms with Crippen molar-refractivity contribution >= 4 is 13.6 Å². The Morgan fingerprint density at radius 3 is 2.25 bits per heavy atom. The van der Waals surface area contributed by atoms with E-state index in [1.807, 2.05) is 13.0 Å². The third-order valence-corrected chi connectivity index (χ3v) is 8.24. The fourth-order valence-corrected chi connectivity index (χ4v) is 5.59. The zero-order valence-corrected chi connectivity index (χ0v) is 27.7. The average Bonchev–Trinajstić information content (AvgIpc) is 3.01. The fraction of sp³-hybridized carbons (Fsp3) is 0.581. The molecule has 4 atom stereocenters. The van der Waals surface area contributed by atoms with Gasteiger partial charge in [0.2, 0.25) is 0 Å². The van der Waals surface area contributed by atoms with E-state index in [0.29, 0.717) is 24.3 Å². The molecule has 0 fully saturated rings. The molecule has 272 valence electrons. The molecule has 48 heavy (non-hydrogen) atoms. The van der Waals surface area contributed by atoms with Gasteiger partial charge in [0.1, 0.15) is 30.9 Å². The van der Waals surface area contributed by atoms with E-state index in [1.54, 1.807) is 36.4 Å². The van der Waals surface area contributed by atoms with Gasteiger partial charge in [-0.2, -0.15) is 26.3 Å². The lowest BCUT2D eigenvalue weighted by Gasteiger charge is -2.29. The number of carbonyl (C=O) groups excluding carboxylic acids is 1. The van der Waals surface area contributed by atoms with Crippen molar-refractivity contribution in [1.82, 2.24) is 0 Å². The van der Waals surface area contributed by atoms with Crippen LogP contribution in [0.1, 0.15) is 31.7 Å². The van der Waals surface area contributed by atoms with E-state index in [9.17, 15) is 35.7 Å². The van der Waals surface area contributed by atoms with Crippen LogP contribution in [0, 0.1) is 0 Å². The summed E-state index contributed by atoms with van der Waals surface area (Å²) >= 11 is 0. The normalized spacial score (nSPS) is 17.9. The van der Waals surface area contributed by atoms with Crippen LogP contribution >= 0.6 is 7.60 Å². The van der Waals surface area contributed by atoms with E-state index in [1.165, 1.54) is 20.3 Å². The first-order valence-electron chi connectivity index (χ1n) is 14.7. The SMILES string of the molecule is C=CC[C@@H](C[C@H](OC(=O)CP(=O)(OCC(F)(F)F)OCC(F)(F)F)[C@H](/C=C/[C@@H]1CC(C)=CCO1)OCc1ccc(OC)cc1)OCOC. The lowest BCUT2D eigenvalue weighted by Crippen LogP contribution is -2.37. The predicted octanol–water partition coefficient (Wildman–Crippen LogP) is 7.09. The number of hydrogen-bond donors (Lipinski definition) is 0. The van der Waals surface area contributed by atoms with E-state index >= 15 is 0 Å². The Morgan fingerprint density at radius 2 is 1.71 bits per heavy atom. The zero-order chi connectivity index (χ0) is 35.8. The minimum Gasteiger partial charge on any atom is -0.497 e. The number of esters is 1. The highest BCUT2D eigenvalue weighted by Gasteiger charge is 2.41. The molecule has 0 aliphatic carbocycles. The first-order chi connectivity index (χ1) is 22.5. The zero-order valence-electron chi connectivity index (χ0n) is 26.8. The van der Waals surface area contributed by atoms with Gasteiger partial charge in [-0.05, 0) is 37.5 Å². The Hall–Kier alpha value is -2.72. The van der Waals surface area contributed by atoms with Crippen molar-refractivity contribution in [3.8, 4) is 5.75 Å². The van der Waals surface area contributed by atoms with Gasteiger partial charge in [0, 0.05) is 13.5 Å². The van der Waals surface area contributed by atoms with Crippen molar-refractivity contribution < 1.29 is 73.2 Å². The van der Waals surface area contributed by atoms with Crippen LogP contribution < -0.4 is 4.74 Å². The summed E-state index contributed by atoms with van der Waals surface area (Å²) in [7, 11) is -2.43. The molecule has 2 rings (SSSR count). The second-order valence-corrected chi connectivity index (χ2v) is 12.7. The molecule has 0 amide bonds. The van der Waals surface area contributed by atoms with Crippen LogP contribution in [0.5, 0.6) is 5.75 Å². The van der Waals surface area contributed by atoms with Crippen LogP contribution in [0.2, 0.25) is 0 Å². The first-order valence-corrected chi connectivity index (χ1v) is 16.4. The topological polar surface area (TPSA) is 108 Å². The Bertz CT molecular complexity index is 1210. The van der Waals surface area contributed by atoms with E-state index in [0.717, 1.165) is 5.57 Å². The van der Waals surface area contributed by atoms with Gasteiger partial charge in [-0.3, -0.25) is 18.4 Å². The molecule has 1 aliphatic heterocycles. The Kier molecular flexibility index (Phi) is 17.3. The summed E-state index contributed by atoms with van der Waals surface area (Å²) in [5.41, 5.74) is 1.76. The smallest absolute Gasteiger partial charge is 0.412 e. The molecule has 0 bridgehead atoms. The number of rotatable bonds is 21. The molecule has 17 heteroatoms. The summed E-state index contributed by atoms with van der Waals surface area (Å²) in [5.74, 6) is -0.872. The largest absolute Gasteiger partial charge is 0.497 e. The standard InChI is InChI=1S/C31H41F6O10P/c1-5-6-25(44-21-40-3)16-28(47-29(38)18-48(39,45-19-30(32,33)34)46-20-31(35,36)37)27(12-11-26-15-22(2)13-14-42-26)43-17-23-7-9-24(41-4)10-8-23/h5,7-13,25-28H,1,6,14-21H2,2-4H3/b12-11+/t25-,26+,27-,28-/m0/s1. The van der Waals surface area contributed by atoms with Crippen LogP contribution in [0.15, 0.2) is 60.7 Å². The third kappa shape index (κ3) is 17.1.